The number of hydrogen-bond acceptors (Lipinski definition) is 2. The topological polar surface area (TPSA) is 33.0 Å². The highest BCUT2D eigenvalue weighted by atomic mass is 16.5. The van der Waals surface area contributed by atoms with Crippen LogP contribution in [0.1, 0.15) is 16.7 Å². The van der Waals surface area contributed by atoms with Gasteiger partial charge in [-0.2, -0.15) is 5.26 Å². The van der Waals surface area contributed by atoms with Gasteiger partial charge in [0.1, 0.15) is 11.8 Å². The fraction of sp³-hybridized carbons (Fsp3) is 0.0500. The number of nitrogens with zero attached hydrogens (tertiary/aromatic N) is 1. The van der Waals surface area contributed by atoms with Gasteiger partial charge in [-0.1, -0.05) is 36.1 Å². The zero-order valence-corrected chi connectivity index (χ0v) is 12.1. The van der Waals surface area contributed by atoms with Crippen LogP contribution in [0.4, 0.5) is 0 Å². The molecule has 0 bridgehead atoms. The average Bonchev–Trinajstić information content (AvgIpc) is 2.59. The molecule has 0 heterocycles. The molecule has 3 aromatic carbocycles. The first-order valence-electron chi connectivity index (χ1n) is 6.89. The number of methoxy groups -OCH3 is 1. The standard InChI is InChI=1S/C20H13NO/c1-22-20-11-10-17-12-15(7-9-18(17)13-20)6-8-16-4-2-3-5-19(16)14-21/h2-5,7,9-13H,1H3. The molecule has 3 rings (SSSR count). The molecule has 0 unspecified atom stereocenters. The summed E-state index contributed by atoms with van der Waals surface area (Å²) < 4.78 is 5.22. The molecule has 0 aromatic heterocycles. The zero-order valence-electron chi connectivity index (χ0n) is 12.1. The van der Waals surface area contributed by atoms with Gasteiger partial charge in [-0.3, -0.25) is 0 Å². The average molecular weight is 283 g/mol. The third-order valence-electron chi connectivity index (χ3n) is 3.44. The molecule has 0 spiro atoms. The Morgan fingerprint density at radius 1 is 0.818 bits per heavy atom. The fourth-order valence-electron chi connectivity index (χ4n) is 2.26. The van der Waals surface area contributed by atoms with Gasteiger partial charge in [0.2, 0.25) is 0 Å². The van der Waals surface area contributed by atoms with E-state index in [2.05, 4.69) is 17.9 Å². The molecule has 0 aliphatic carbocycles. The van der Waals surface area contributed by atoms with Crippen molar-refractivity contribution >= 4 is 10.8 Å². The van der Waals surface area contributed by atoms with Gasteiger partial charge >= 0.3 is 0 Å². The van der Waals surface area contributed by atoms with Crippen molar-refractivity contribution in [1.82, 2.24) is 0 Å². The van der Waals surface area contributed by atoms with E-state index in [9.17, 15) is 0 Å². The smallest absolute Gasteiger partial charge is 0.119 e. The van der Waals surface area contributed by atoms with E-state index in [-0.39, 0.29) is 0 Å². The fourth-order valence-corrected chi connectivity index (χ4v) is 2.26. The van der Waals surface area contributed by atoms with E-state index in [0.717, 1.165) is 27.6 Å². The van der Waals surface area contributed by atoms with Crippen molar-refractivity contribution in [3.05, 3.63) is 77.4 Å². The highest BCUT2D eigenvalue weighted by molar-refractivity contribution is 5.85. The summed E-state index contributed by atoms with van der Waals surface area (Å²) in [4.78, 5) is 0. The van der Waals surface area contributed by atoms with E-state index in [4.69, 9.17) is 10.00 Å². The molecule has 104 valence electrons. The maximum absolute atomic E-state index is 9.08. The van der Waals surface area contributed by atoms with Crippen molar-refractivity contribution in [3.63, 3.8) is 0 Å². The van der Waals surface area contributed by atoms with Gasteiger partial charge < -0.3 is 4.74 Å². The quantitative estimate of drug-likeness (QED) is 0.629. The number of ether oxygens (including phenoxy) is 1. The minimum Gasteiger partial charge on any atom is -0.497 e. The number of benzene rings is 3. The van der Waals surface area contributed by atoms with Crippen LogP contribution in [0, 0.1) is 23.2 Å². The summed E-state index contributed by atoms with van der Waals surface area (Å²) in [6, 6.07) is 21.5. The third-order valence-corrected chi connectivity index (χ3v) is 3.44. The normalized spacial score (nSPS) is 9.64. The molecule has 0 fully saturated rings. The first-order chi connectivity index (χ1) is 10.8. The molecule has 22 heavy (non-hydrogen) atoms. The Morgan fingerprint density at radius 2 is 1.55 bits per heavy atom. The minimum atomic E-state index is 0.598. The van der Waals surface area contributed by atoms with E-state index in [0.29, 0.717) is 5.56 Å². The van der Waals surface area contributed by atoms with E-state index in [1.165, 1.54) is 0 Å². The van der Waals surface area contributed by atoms with Crippen molar-refractivity contribution in [3.8, 4) is 23.7 Å². The lowest BCUT2D eigenvalue weighted by Gasteiger charge is -2.02. The van der Waals surface area contributed by atoms with Gasteiger partial charge in [-0.15, -0.1) is 0 Å². The van der Waals surface area contributed by atoms with Gasteiger partial charge in [0.25, 0.3) is 0 Å². The van der Waals surface area contributed by atoms with Crippen molar-refractivity contribution < 1.29 is 4.74 Å². The van der Waals surface area contributed by atoms with Gasteiger partial charge in [0, 0.05) is 11.1 Å². The maximum atomic E-state index is 9.08. The highest BCUT2D eigenvalue weighted by Crippen LogP contribution is 2.21. The molecule has 2 nitrogen and oxygen atoms in total. The molecular weight excluding hydrogens is 270 g/mol. The second kappa shape index (κ2) is 6.04. The molecule has 0 radical (unpaired) electrons. The summed E-state index contributed by atoms with van der Waals surface area (Å²) in [6.07, 6.45) is 0. The summed E-state index contributed by atoms with van der Waals surface area (Å²) in [5, 5.41) is 11.3. The maximum Gasteiger partial charge on any atom is 0.119 e. The summed E-state index contributed by atoms with van der Waals surface area (Å²) in [5.74, 6) is 7.04. The van der Waals surface area contributed by atoms with Crippen molar-refractivity contribution in [2.75, 3.05) is 7.11 Å². The number of hydrogen-bond donors (Lipinski definition) is 0. The molecule has 0 amide bonds. The van der Waals surface area contributed by atoms with E-state index in [1.54, 1.807) is 13.2 Å². The summed E-state index contributed by atoms with van der Waals surface area (Å²) >= 11 is 0. The predicted octanol–water partition coefficient (Wildman–Crippen LogP) is 4.12. The van der Waals surface area contributed by atoms with Gasteiger partial charge in [0.15, 0.2) is 0 Å². The Bertz CT molecular complexity index is 939. The Labute approximate surface area is 129 Å². The van der Waals surface area contributed by atoms with Crippen LogP contribution in [0.3, 0.4) is 0 Å². The first kappa shape index (κ1) is 13.7. The zero-order chi connectivity index (χ0) is 15.4. The number of fused-ring (bicyclic) bond motifs is 1. The van der Waals surface area contributed by atoms with Crippen molar-refractivity contribution in [2.24, 2.45) is 0 Å². The van der Waals surface area contributed by atoms with E-state index >= 15 is 0 Å². The summed E-state index contributed by atoms with van der Waals surface area (Å²) in [7, 11) is 1.66. The largest absolute Gasteiger partial charge is 0.497 e. The molecule has 0 aliphatic rings. The second-order valence-corrected chi connectivity index (χ2v) is 4.84. The summed E-state index contributed by atoms with van der Waals surface area (Å²) in [6.45, 7) is 0. The lowest BCUT2D eigenvalue weighted by molar-refractivity contribution is 0.415. The lowest BCUT2D eigenvalue weighted by atomic mass is 10.1. The van der Waals surface area contributed by atoms with Gasteiger partial charge in [-0.25, -0.2) is 0 Å². The molecule has 0 saturated carbocycles. The molecular formula is C20H13NO. The van der Waals surface area contributed by atoms with Crippen molar-refractivity contribution in [1.29, 1.82) is 5.26 Å². The van der Waals surface area contributed by atoms with Crippen LogP contribution in [-0.4, -0.2) is 7.11 Å². The van der Waals surface area contributed by atoms with Gasteiger partial charge in [-0.05, 0) is 47.2 Å². The van der Waals surface area contributed by atoms with Crippen LogP contribution in [0.15, 0.2) is 60.7 Å². The monoisotopic (exact) mass is 283 g/mol. The highest BCUT2D eigenvalue weighted by Gasteiger charge is 1.98. The van der Waals surface area contributed by atoms with Crippen LogP contribution in [0.25, 0.3) is 10.8 Å². The number of nitriles is 1. The molecule has 0 atom stereocenters. The third kappa shape index (κ3) is 2.77. The molecule has 0 aliphatic heterocycles. The minimum absolute atomic E-state index is 0.598. The molecule has 2 heteroatoms. The Kier molecular flexibility index (Phi) is 3.77. The van der Waals surface area contributed by atoms with Crippen LogP contribution < -0.4 is 4.74 Å². The first-order valence-corrected chi connectivity index (χ1v) is 6.89. The lowest BCUT2D eigenvalue weighted by Crippen LogP contribution is -1.84. The van der Waals surface area contributed by atoms with E-state index in [1.807, 2.05) is 54.6 Å². The van der Waals surface area contributed by atoms with E-state index < -0.39 is 0 Å². The SMILES string of the molecule is COc1ccc2cc(C#Cc3ccccc3C#N)ccc2c1. The Hall–Kier alpha value is -3.23. The van der Waals surface area contributed by atoms with Crippen LogP contribution in [-0.2, 0) is 0 Å². The Morgan fingerprint density at radius 3 is 2.32 bits per heavy atom. The number of rotatable bonds is 1. The van der Waals surface area contributed by atoms with Crippen molar-refractivity contribution in [2.45, 2.75) is 0 Å². The molecule has 0 N–H and O–H groups in total. The molecule has 3 aromatic rings. The van der Waals surface area contributed by atoms with Crippen LogP contribution in [0.2, 0.25) is 0 Å². The molecule has 0 saturated heterocycles. The van der Waals surface area contributed by atoms with Gasteiger partial charge in [0.05, 0.1) is 12.7 Å². The predicted molar refractivity (Wildman–Crippen MR) is 87.6 cm³/mol. The summed E-state index contributed by atoms with van der Waals surface area (Å²) in [5.41, 5.74) is 2.27. The second-order valence-electron chi connectivity index (χ2n) is 4.84. The Balaban J connectivity index is 1.99. The van der Waals surface area contributed by atoms with Crippen LogP contribution in [0.5, 0.6) is 5.75 Å². The van der Waals surface area contributed by atoms with Crippen LogP contribution >= 0.6 is 0 Å².